The third-order valence-corrected chi connectivity index (χ3v) is 1.83. The summed E-state index contributed by atoms with van der Waals surface area (Å²) in [5, 5.41) is 9.38. The first-order valence-electron chi connectivity index (χ1n) is 4.03. The van der Waals surface area contributed by atoms with Crippen molar-refractivity contribution in [1.29, 1.82) is 0 Å². The van der Waals surface area contributed by atoms with E-state index in [2.05, 4.69) is 13.5 Å². The second-order valence-corrected chi connectivity index (χ2v) is 2.80. The molecule has 0 rings (SSSR count). The van der Waals surface area contributed by atoms with Gasteiger partial charge in [-0.1, -0.05) is 32.8 Å². The molecule has 0 heterocycles. The van der Waals surface area contributed by atoms with Gasteiger partial charge >= 0.3 is 0 Å². The number of hydrogen-bond donors (Lipinski definition) is 1. The van der Waals surface area contributed by atoms with Crippen LogP contribution in [0.1, 0.15) is 33.1 Å². The van der Waals surface area contributed by atoms with Crippen LogP contribution >= 0.6 is 0 Å². The van der Waals surface area contributed by atoms with Crippen molar-refractivity contribution in [2.45, 2.75) is 39.2 Å². The molecule has 0 fully saturated rings. The molecule has 0 aromatic rings. The predicted octanol–water partition coefficient (Wildman–Crippen LogP) is 2.36. The number of rotatable bonds is 5. The van der Waals surface area contributed by atoms with Gasteiger partial charge in [0.2, 0.25) is 0 Å². The van der Waals surface area contributed by atoms with Gasteiger partial charge < -0.3 is 5.11 Å². The molecule has 1 nitrogen and oxygen atoms in total. The second-order valence-electron chi connectivity index (χ2n) is 2.80. The van der Waals surface area contributed by atoms with Gasteiger partial charge in [0.05, 0.1) is 6.10 Å². The molecule has 0 amide bonds. The zero-order chi connectivity index (χ0) is 7.98. The highest BCUT2D eigenvalue weighted by Gasteiger charge is 2.08. The summed E-state index contributed by atoms with van der Waals surface area (Å²) in [5.74, 6) is 0.242. The van der Waals surface area contributed by atoms with Gasteiger partial charge in [-0.3, -0.25) is 0 Å². The fraction of sp³-hybridized carbons (Fsp3) is 0.778. The van der Waals surface area contributed by atoms with Crippen molar-refractivity contribution in [3.63, 3.8) is 0 Å². The lowest BCUT2D eigenvalue weighted by atomic mass is 10.0. The van der Waals surface area contributed by atoms with E-state index in [9.17, 15) is 5.11 Å². The fourth-order valence-corrected chi connectivity index (χ4v) is 0.833. The Morgan fingerprint density at radius 1 is 1.60 bits per heavy atom. The van der Waals surface area contributed by atoms with E-state index in [0.29, 0.717) is 0 Å². The lowest BCUT2D eigenvalue weighted by Crippen LogP contribution is -2.14. The van der Waals surface area contributed by atoms with Gasteiger partial charge in [-0.25, -0.2) is 0 Å². The lowest BCUT2D eigenvalue weighted by Gasteiger charge is -2.13. The number of hydrogen-bond acceptors (Lipinski definition) is 1. The fourth-order valence-electron chi connectivity index (χ4n) is 0.833. The van der Waals surface area contributed by atoms with Crippen LogP contribution in [0.25, 0.3) is 0 Å². The quantitative estimate of drug-likeness (QED) is 0.584. The van der Waals surface area contributed by atoms with Gasteiger partial charge in [0.25, 0.3) is 0 Å². The van der Waals surface area contributed by atoms with Crippen molar-refractivity contribution >= 4 is 0 Å². The Balaban J connectivity index is 3.40. The minimum Gasteiger partial charge on any atom is -0.393 e. The van der Waals surface area contributed by atoms with E-state index in [0.717, 1.165) is 19.3 Å². The van der Waals surface area contributed by atoms with E-state index in [1.54, 1.807) is 6.08 Å². The van der Waals surface area contributed by atoms with Crippen LogP contribution in [0.15, 0.2) is 12.7 Å². The summed E-state index contributed by atoms with van der Waals surface area (Å²) in [5.41, 5.74) is 0. The van der Waals surface area contributed by atoms with E-state index in [4.69, 9.17) is 0 Å². The van der Waals surface area contributed by atoms with Crippen LogP contribution in [0.3, 0.4) is 0 Å². The van der Waals surface area contributed by atoms with Crippen molar-refractivity contribution in [3.8, 4) is 0 Å². The van der Waals surface area contributed by atoms with Gasteiger partial charge in [0.15, 0.2) is 0 Å². The van der Waals surface area contributed by atoms with Crippen LogP contribution < -0.4 is 0 Å². The molecular weight excluding hydrogens is 124 g/mol. The lowest BCUT2D eigenvalue weighted by molar-refractivity contribution is 0.126. The van der Waals surface area contributed by atoms with Crippen molar-refractivity contribution in [2.75, 3.05) is 0 Å². The van der Waals surface area contributed by atoms with Gasteiger partial charge in [0.1, 0.15) is 0 Å². The molecule has 0 saturated carbocycles. The number of aliphatic hydroxyl groups excluding tert-OH is 1. The first kappa shape index (κ1) is 9.70. The summed E-state index contributed by atoms with van der Waals surface area (Å²) in [6, 6.07) is 0. The van der Waals surface area contributed by atoms with Crippen LogP contribution in [-0.2, 0) is 0 Å². The highest BCUT2D eigenvalue weighted by molar-refractivity contribution is 4.80. The molecule has 0 bridgehead atoms. The Morgan fingerprint density at radius 2 is 2.20 bits per heavy atom. The normalized spacial score (nSPS) is 16.3. The van der Waals surface area contributed by atoms with Crippen LogP contribution in [0.4, 0.5) is 0 Å². The van der Waals surface area contributed by atoms with Crippen molar-refractivity contribution in [1.82, 2.24) is 0 Å². The molecule has 60 valence electrons. The summed E-state index contributed by atoms with van der Waals surface area (Å²) < 4.78 is 0. The van der Waals surface area contributed by atoms with Crippen LogP contribution in [0, 0.1) is 5.92 Å². The topological polar surface area (TPSA) is 20.2 Å². The predicted molar refractivity (Wildman–Crippen MR) is 44.9 cm³/mol. The molecule has 0 aliphatic heterocycles. The third kappa shape index (κ3) is 3.67. The van der Waals surface area contributed by atoms with Gasteiger partial charge in [-0.2, -0.15) is 0 Å². The molecule has 0 saturated heterocycles. The van der Waals surface area contributed by atoms with Gasteiger partial charge in [-0.05, 0) is 12.3 Å². The maximum absolute atomic E-state index is 9.38. The molecule has 2 atom stereocenters. The number of aliphatic hydroxyl groups is 1. The first-order chi connectivity index (χ1) is 4.72. The summed E-state index contributed by atoms with van der Waals surface area (Å²) in [7, 11) is 0. The Kier molecular flexibility index (Phi) is 5.32. The smallest absolute Gasteiger partial charge is 0.0600 e. The van der Waals surface area contributed by atoms with Gasteiger partial charge in [-0.15, -0.1) is 6.58 Å². The molecule has 0 unspecified atom stereocenters. The van der Waals surface area contributed by atoms with Crippen molar-refractivity contribution < 1.29 is 5.11 Å². The average molecular weight is 142 g/mol. The van der Waals surface area contributed by atoms with Crippen LogP contribution in [0.2, 0.25) is 0 Å². The van der Waals surface area contributed by atoms with E-state index < -0.39 is 0 Å². The number of unbranched alkanes of at least 4 members (excludes halogenated alkanes) is 1. The summed E-state index contributed by atoms with van der Waals surface area (Å²) in [6.07, 6.45) is 4.79. The molecule has 0 radical (unpaired) electrons. The first-order valence-corrected chi connectivity index (χ1v) is 4.03. The molecular formula is C9H18O. The average Bonchev–Trinajstić information content (AvgIpc) is 1.98. The minimum atomic E-state index is -0.183. The Hall–Kier alpha value is -0.300. The monoisotopic (exact) mass is 142 g/mol. The van der Waals surface area contributed by atoms with Crippen molar-refractivity contribution in [3.05, 3.63) is 12.7 Å². The summed E-state index contributed by atoms with van der Waals surface area (Å²) in [4.78, 5) is 0. The Morgan fingerprint density at radius 3 is 2.60 bits per heavy atom. The van der Waals surface area contributed by atoms with Gasteiger partial charge in [0, 0.05) is 0 Å². The summed E-state index contributed by atoms with van der Waals surface area (Å²) in [6.45, 7) is 7.75. The molecule has 0 spiro atoms. The molecule has 1 heteroatoms. The Bertz CT molecular complexity index is 88.7. The molecule has 0 aliphatic rings. The molecule has 0 aliphatic carbocycles. The van der Waals surface area contributed by atoms with Crippen LogP contribution in [0.5, 0.6) is 0 Å². The van der Waals surface area contributed by atoms with E-state index in [-0.39, 0.29) is 12.0 Å². The van der Waals surface area contributed by atoms with E-state index in [1.165, 1.54) is 0 Å². The molecule has 0 aromatic carbocycles. The zero-order valence-electron chi connectivity index (χ0n) is 7.01. The molecule has 0 aromatic heterocycles. The molecule has 1 N–H and O–H groups in total. The maximum atomic E-state index is 9.38. The zero-order valence-corrected chi connectivity index (χ0v) is 7.01. The molecule has 10 heavy (non-hydrogen) atoms. The van der Waals surface area contributed by atoms with E-state index in [1.807, 2.05) is 6.92 Å². The largest absolute Gasteiger partial charge is 0.393 e. The standard InChI is InChI=1S/C9H18O/c1-4-6-7-9(10)8(3)5-2/h5,8-10H,2,4,6-7H2,1,3H3/t8-,9-/m1/s1. The minimum absolute atomic E-state index is 0.183. The summed E-state index contributed by atoms with van der Waals surface area (Å²) >= 11 is 0. The van der Waals surface area contributed by atoms with Crippen LogP contribution in [-0.4, -0.2) is 11.2 Å². The van der Waals surface area contributed by atoms with Crippen molar-refractivity contribution in [2.24, 2.45) is 5.92 Å². The maximum Gasteiger partial charge on any atom is 0.0600 e. The third-order valence-electron chi connectivity index (χ3n) is 1.83. The Labute approximate surface area is 63.8 Å². The van der Waals surface area contributed by atoms with E-state index >= 15 is 0 Å². The SMILES string of the molecule is C=C[C@@H](C)[C@H](O)CCCC. The highest BCUT2D eigenvalue weighted by atomic mass is 16.3. The second kappa shape index (κ2) is 5.48. The highest BCUT2D eigenvalue weighted by Crippen LogP contribution is 2.10.